The Labute approximate surface area is 226 Å². The number of hydrogen-bond acceptors (Lipinski definition) is 5. The third kappa shape index (κ3) is 7.62. The molecule has 3 saturated heterocycles. The molecule has 11 heteroatoms. The number of piperidine rings is 1. The molecule has 2 amide bonds. The van der Waals surface area contributed by atoms with Crippen molar-refractivity contribution in [1.29, 1.82) is 5.26 Å². The van der Waals surface area contributed by atoms with Crippen molar-refractivity contribution in [3.8, 4) is 6.07 Å². The van der Waals surface area contributed by atoms with Crippen LogP contribution in [0.4, 0.5) is 0 Å². The van der Waals surface area contributed by atoms with Crippen LogP contribution in [0.3, 0.4) is 0 Å². The first-order chi connectivity index (χ1) is 16.3. The minimum absolute atomic E-state index is 0. The van der Waals surface area contributed by atoms with E-state index in [-0.39, 0.29) is 67.4 Å². The summed E-state index contributed by atoms with van der Waals surface area (Å²) in [6, 6.07) is 10.3. The van der Waals surface area contributed by atoms with E-state index in [4.69, 9.17) is 5.26 Å². The summed E-state index contributed by atoms with van der Waals surface area (Å²) >= 11 is 0. The molecule has 9 nitrogen and oxygen atoms in total. The first kappa shape index (κ1) is 29.5. The number of carbonyl (C=O) groups excluding carboxylic acids is 2. The summed E-state index contributed by atoms with van der Waals surface area (Å²) in [7, 11) is -3.51. The maximum absolute atomic E-state index is 12.5. The van der Waals surface area contributed by atoms with Gasteiger partial charge in [0.25, 0.3) is 10.2 Å². The normalized spacial score (nSPS) is 22.0. The lowest BCUT2D eigenvalue weighted by molar-refractivity contribution is -0.135. The second-order valence-electron chi connectivity index (χ2n) is 9.30. The van der Waals surface area contributed by atoms with Gasteiger partial charge >= 0.3 is 0 Å². The second-order valence-corrected chi connectivity index (χ2v) is 11.2. The number of carbonyl (C=O) groups is 2. The predicted octanol–water partition coefficient (Wildman–Crippen LogP) is 2.44. The Morgan fingerprint density at radius 3 is 2.29 bits per heavy atom. The maximum Gasteiger partial charge on any atom is 0.282 e. The molecule has 3 aliphatic heterocycles. The van der Waals surface area contributed by atoms with Gasteiger partial charge in [0.05, 0.1) is 23.9 Å². The highest BCUT2D eigenvalue weighted by atomic mass is 127. The van der Waals surface area contributed by atoms with Gasteiger partial charge in [0, 0.05) is 39.3 Å². The Morgan fingerprint density at radius 2 is 1.71 bits per heavy atom. The van der Waals surface area contributed by atoms with E-state index in [2.05, 4.69) is 11.4 Å². The smallest absolute Gasteiger partial charge is 0.282 e. The van der Waals surface area contributed by atoms with E-state index in [9.17, 15) is 18.0 Å². The molecular weight excluding hydrogens is 581 g/mol. The van der Waals surface area contributed by atoms with Gasteiger partial charge in [-0.05, 0) is 45.1 Å². The number of rotatable bonds is 6. The van der Waals surface area contributed by atoms with E-state index in [1.807, 2.05) is 43.0 Å². The van der Waals surface area contributed by atoms with Crippen LogP contribution in [0, 0.1) is 30.1 Å². The topological polar surface area (TPSA) is 114 Å². The molecule has 3 aliphatic rings. The lowest BCUT2D eigenvalue weighted by Crippen LogP contribution is -2.57. The van der Waals surface area contributed by atoms with Gasteiger partial charge in [-0.2, -0.15) is 22.3 Å². The zero-order chi connectivity index (χ0) is 24.7. The van der Waals surface area contributed by atoms with Crippen molar-refractivity contribution in [2.24, 2.45) is 11.8 Å². The molecule has 2 atom stereocenters. The summed E-state index contributed by atoms with van der Waals surface area (Å²) in [5, 5.41) is 11.5. The Kier molecular flexibility index (Phi) is 11.4. The average molecular weight is 618 g/mol. The zero-order valence-corrected chi connectivity index (χ0v) is 23.6. The van der Waals surface area contributed by atoms with Crippen LogP contribution in [-0.2, 0) is 19.8 Å². The van der Waals surface area contributed by atoms with E-state index in [0.717, 1.165) is 50.7 Å². The number of likely N-dealkylation sites (tertiary alicyclic amines) is 1. The molecule has 0 bridgehead atoms. The summed E-state index contributed by atoms with van der Waals surface area (Å²) in [5.74, 6) is -0.299. The Hall–Kier alpha value is -1.75. The van der Waals surface area contributed by atoms with Gasteiger partial charge in [0.15, 0.2) is 0 Å². The Bertz CT molecular complexity index is 986. The number of benzene rings is 1. The van der Waals surface area contributed by atoms with Crippen LogP contribution in [0.5, 0.6) is 0 Å². The van der Waals surface area contributed by atoms with E-state index in [1.54, 1.807) is 0 Å². The van der Waals surface area contributed by atoms with Crippen LogP contribution in [0.25, 0.3) is 0 Å². The van der Waals surface area contributed by atoms with Crippen LogP contribution < -0.4 is 5.32 Å². The average Bonchev–Trinajstić information content (AvgIpc) is 3.34. The highest BCUT2D eigenvalue weighted by Crippen LogP contribution is 2.27. The SMILES string of the molecule is Cc1ccc(C(C)NC=O)cc1.I.N#CC1CN(S(=O)(=O)N2CCC[C@H](C(=O)N3CCCC3)C2)C1. The molecule has 0 aliphatic carbocycles. The number of hydrogen-bond donors (Lipinski definition) is 1. The number of nitrogens with zero attached hydrogens (tertiary/aromatic N) is 4. The number of halogens is 1. The standard InChI is InChI=1S/C14H22N4O3S.C10H13NO.HI/c15-8-12-9-18(10-12)22(20,21)17-7-3-4-13(11-17)14(19)16-5-1-2-6-16;1-8-3-5-10(6-4-8)9(2)11-7-12;/h12-13H,1-7,9-11H2;3-7,9H,1-2H3,(H,11,12);1H/t13-;;/m0../s1. The first-order valence-corrected chi connectivity index (χ1v) is 13.4. The van der Waals surface area contributed by atoms with Gasteiger partial charge in [-0.15, -0.1) is 24.0 Å². The van der Waals surface area contributed by atoms with Crippen LogP contribution in [-0.4, -0.2) is 73.5 Å². The van der Waals surface area contributed by atoms with Crippen molar-refractivity contribution in [1.82, 2.24) is 18.8 Å². The summed E-state index contributed by atoms with van der Waals surface area (Å²) in [5.41, 5.74) is 2.37. The fourth-order valence-corrected chi connectivity index (χ4v) is 6.27. The number of aryl methyl sites for hydroxylation is 1. The molecule has 0 saturated carbocycles. The molecule has 0 radical (unpaired) electrons. The summed E-state index contributed by atoms with van der Waals surface area (Å²) in [6.45, 7) is 6.92. The molecule has 0 aromatic heterocycles. The Balaban J connectivity index is 0.000000284. The largest absolute Gasteiger partial charge is 0.352 e. The van der Waals surface area contributed by atoms with Crippen molar-refractivity contribution in [3.63, 3.8) is 0 Å². The van der Waals surface area contributed by atoms with Crippen LogP contribution in [0.1, 0.15) is 49.8 Å². The van der Waals surface area contributed by atoms with E-state index >= 15 is 0 Å². The first-order valence-electron chi connectivity index (χ1n) is 12.0. The van der Waals surface area contributed by atoms with Crippen molar-refractivity contribution in [2.75, 3.05) is 39.3 Å². The third-order valence-corrected chi connectivity index (χ3v) is 8.66. The van der Waals surface area contributed by atoms with E-state index < -0.39 is 10.2 Å². The third-order valence-electron chi connectivity index (χ3n) is 6.73. The summed E-state index contributed by atoms with van der Waals surface area (Å²) in [4.78, 5) is 24.5. The quantitative estimate of drug-likeness (QED) is 0.389. The molecular formula is C24H36IN5O4S. The predicted molar refractivity (Wildman–Crippen MR) is 144 cm³/mol. The van der Waals surface area contributed by atoms with E-state index in [0.29, 0.717) is 6.54 Å². The number of nitriles is 1. The lowest BCUT2D eigenvalue weighted by atomic mass is 9.98. The zero-order valence-electron chi connectivity index (χ0n) is 20.4. The Morgan fingerprint density at radius 1 is 1.09 bits per heavy atom. The molecule has 3 heterocycles. The minimum Gasteiger partial charge on any atom is -0.352 e. The van der Waals surface area contributed by atoms with Crippen molar-refractivity contribution in [2.45, 2.75) is 45.6 Å². The molecule has 1 aromatic carbocycles. The fourth-order valence-electron chi connectivity index (χ4n) is 4.47. The summed E-state index contributed by atoms with van der Waals surface area (Å²) in [6.07, 6.45) is 4.30. The molecule has 1 unspecified atom stereocenters. The van der Waals surface area contributed by atoms with E-state index in [1.165, 1.54) is 14.2 Å². The highest BCUT2D eigenvalue weighted by Gasteiger charge is 2.42. The van der Waals surface area contributed by atoms with Gasteiger partial charge in [-0.3, -0.25) is 9.59 Å². The molecule has 35 heavy (non-hydrogen) atoms. The van der Waals surface area contributed by atoms with Gasteiger partial charge < -0.3 is 10.2 Å². The highest BCUT2D eigenvalue weighted by molar-refractivity contribution is 14.0. The van der Waals surface area contributed by atoms with Crippen LogP contribution in [0.2, 0.25) is 0 Å². The lowest BCUT2D eigenvalue weighted by Gasteiger charge is -2.40. The van der Waals surface area contributed by atoms with Gasteiger partial charge in [-0.1, -0.05) is 29.8 Å². The molecule has 194 valence electrons. The van der Waals surface area contributed by atoms with Gasteiger partial charge in [0.2, 0.25) is 12.3 Å². The monoisotopic (exact) mass is 617 g/mol. The molecule has 1 aromatic rings. The molecule has 4 rings (SSSR count). The van der Waals surface area contributed by atoms with Crippen molar-refractivity contribution >= 4 is 46.5 Å². The molecule has 0 spiro atoms. The number of amides is 2. The fraction of sp³-hybridized carbons (Fsp3) is 0.625. The second kappa shape index (κ2) is 13.5. The minimum atomic E-state index is -3.51. The van der Waals surface area contributed by atoms with Crippen LogP contribution in [0.15, 0.2) is 24.3 Å². The molecule has 1 N–H and O–H groups in total. The summed E-state index contributed by atoms with van der Waals surface area (Å²) < 4.78 is 27.9. The van der Waals surface area contributed by atoms with Crippen molar-refractivity contribution in [3.05, 3.63) is 35.4 Å². The van der Waals surface area contributed by atoms with Crippen LogP contribution >= 0.6 is 24.0 Å². The molecule has 3 fully saturated rings. The van der Waals surface area contributed by atoms with Gasteiger partial charge in [-0.25, -0.2) is 0 Å². The van der Waals surface area contributed by atoms with Gasteiger partial charge in [0.1, 0.15) is 0 Å². The maximum atomic E-state index is 12.5. The van der Waals surface area contributed by atoms with Crippen molar-refractivity contribution < 1.29 is 18.0 Å². The number of nitrogens with one attached hydrogen (secondary N) is 1.